The maximum absolute atomic E-state index is 5.64. The standard InChI is InChI=1S/C12H19N3/c1-9-2-5-12(8-14-9)15-11-6-3-10(13)4-7-11/h3-4,6-7,9,12,14-15H,2,5,8,13H2,1H3. The van der Waals surface area contributed by atoms with E-state index in [0.29, 0.717) is 12.1 Å². The SMILES string of the molecule is CC1CCC(Nc2ccc(N)cc2)CN1. The van der Waals surface area contributed by atoms with Crippen molar-refractivity contribution in [1.82, 2.24) is 5.32 Å². The van der Waals surface area contributed by atoms with Crippen LogP contribution in [-0.2, 0) is 0 Å². The summed E-state index contributed by atoms with van der Waals surface area (Å²) in [5.41, 5.74) is 7.61. The van der Waals surface area contributed by atoms with E-state index in [9.17, 15) is 0 Å². The Kier molecular flexibility index (Phi) is 3.11. The van der Waals surface area contributed by atoms with Gasteiger partial charge in [-0.25, -0.2) is 0 Å². The lowest BCUT2D eigenvalue weighted by atomic mass is 10.0. The van der Waals surface area contributed by atoms with Gasteiger partial charge in [0, 0.05) is 30.0 Å². The molecule has 2 unspecified atom stereocenters. The fraction of sp³-hybridized carbons (Fsp3) is 0.500. The van der Waals surface area contributed by atoms with E-state index in [-0.39, 0.29) is 0 Å². The molecule has 2 rings (SSSR count). The summed E-state index contributed by atoms with van der Waals surface area (Å²) in [6.07, 6.45) is 2.48. The molecule has 1 aromatic rings. The summed E-state index contributed by atoms with van der Waals surface area (Å²) >= 11 is 0. The molecule has 0 aromatic heterocycles. The number of piperidine rings is 1. The molecule has 15 heavy (non-hydrogen) atoms. The van der Waals surface area contributed by atoms with Crippen LogP contribution in [0, 0.1) is 0 Å². The lowest BCUT2D eigenvalue weighted by molar-refractivity contribution is 0.399. The molecule has 3 nitrogen and oxygen atoms in total. The molecule has 0 spiro atoms. The zero-order valence-corrected chi connectivity index (χ0v) is 9.16. The molecule has 2 atom stereocenters. The fourth-order valence-corrected chi connectivity index (χ4v) is 1.94. The zero-order chi connectivity index (χ0) is 10.7. The Hall–Kier alpha value is -1.22. The number of hydrogen-bond acceptors (Lipinski definition) is 3. The number of nitrogens with two attached hydrogens (primary N) is 1. The van der Waals surface area contributed by atoms with Gasteiger partial charge in [-0.3, -0.25) is 0 Å². The fourth-order valence-electron chi connectivity index (χ4n) is 1.94. The Balaban J connectivity index is 1.89. The largest absolute Gasteiger partial charge is 0.399 e. The van der Waals surface area contributed by atoms with Crippen molar-refractivity contribution in [3.05, 3.63) is 24.3 Å². The van der Waals surface area contributed by atoms with E-state index in [1.54, 1.807) is 0 Å². The summed E-state index contributed by atoms with van der Waals surface area (Å²) in [7, 11) is 0. The predicted molar refractivity (Wildman–Crippen MR) is 65.0 cm³/mol. The van der Waals surface area contributed by atoms with E-state index in [2.05, 4.69) is 17.6 Å². The Bertz CT molecular complexity index is 299. The third kappa shape index (κ3) is 2.86. The molecule has 1 aliphatic rings. The van der Waals surface area contributed by atoms with Crippen LogP contribution in [0.25, 0.3) is 0 Å². The normalized spacial score (nSPS) is 26.2. The molecule has 0 amide bonds. The number of benzene rings is 1. The highest BCUT2D eigenvalue weighted by Gasteiger charge is 2.16. The predicted octanol–water partition coefficient (Wildman–Crippen LogP) is 1.82. The van der Waals surface area contributed by atoms with Crippen molar-refractivity contribution >= 4 is 11.4 Å². The quantitative estimate of drug-likeness (QED) is 0.645. The molecule has 1 fully saturated rings. The Morgan fingerprint density at radius 1 is 1.27 bits per heavy atom. The summed E-state index contributed by atoms with van der Waals surface area (Å²) in [6, 6.07) is 9.14. The van der Waals surface area contributed by atoms with Crippen molar-refractivity contribution in [1.29, 1.82) is 0 Å². The van der Waals surface area contributed by atoms with E-state index in [4.69, 9.17) is 5.73 Å². The third-order valence-electron chi connectivity index (χ3n) is 2.94. The summed E-state index contributed by atoms with van der Waals surface area (Å²) < 4.78 is 0. The van der Waals surface area contributed by atoms with Crippen molar-refractivity contribution in [2.75, 3.05) is 17.6 Å². The van der Waals surface area contributed by atoms with E-state index < -0.39 is 0 Å². The van der Waals surface area contributed by atoms with Crippen molar-refractivity contribution in [2.24, 2.45) is 0 Å². The second-order valence-electron chi connectivity index (χ2n) is 4.35. The smallest absolute Gasteiger partial charge is 0.0386 e. The van der Waals surface area contributed by atoms with Crippen LogP contribution in [0.5, 0.6) is 0 Å². The molecule has 82 valence electrons. The van der Waals surface area contributed by atoms with Crippen molar-refractivity contribution in [3.8, 4) is 0 Å². The first-order valence-electron chi connectivity index (χ1n) is 5.59. The average Bonchev–Trinajstić information content (AvgIpc) is 2.25. The first-order chi connectivity index (χ1) is 7.24. The molecule has 1 aromatic carbocycles. The second-order valence-corrected chi connectivity index (χ2v) is 4.35. The van der Waals surface area contributed by atoms with Crippen molar-refractivity contribution < 1.29 is 0 Å². The van der Waals surface area contributed by atoms with E-state index in [1.165, 1.54) is 12.8 Å². The number of anilines is 2. The molecule has 0 radical (unpaired) electrons. The summed E-state index contributed by atoms with van der Waals surface area (Å²) in [5, 5.41) is 6.99. The lowest BCUT2D eigenvalue weighted by Crippen LogP contribution is -2.43. The van der Waals surface area contributed by atoms with Gasteiger partial charge in [0.2, 0.25) is 0 Å². The molecule has 3 heteroatoms. The van der Waals surface area contributed by atoms with Gasteiger partial charge in [-0.15, -0.1) is 0 Å². The van der Waals surface area contributed by atoms with Crippen molar-refractivity contribution in [2.45, 2.75) is 31.8 Å². The minimum absolute atomic E-state index is 0.546. The number of hydrogen-bond donors (Lipinski definition) is 3. The van der Waals surface area contributed by atoms with E-state index >= 15 is 0 Å². The highest BCUT2D eigenvalue weighted by molar-refractivity contribution is 5.51. The lowest BCUT2D eigenvalue weighted by Gasteiger charge is -2.29. The van der Waals surface area contributed by atoms with Crippen LogP contribution in [0.2, 0.25) is 0 Å². The monoisotopic (exact) mass is 205 g/mol. The molecule has 1 saturated heterocycles. The number of rotatable bonds is 2. The van der Waals surface area contributed by atoms with Gasteiger partial charge < -0.3 is 16.4 Å². The molecule has 1 heterocycles. The van der Waals surface area contributed by atoms with Gasteiger partial charge in [-0.1, -0.05) is 0 Å². The highest BCUT2D eigenvalue weighted by Crippen LogP contribution is 2.15. The maximum Gasteiger partial charge on any atom is 0.0386 e. The maximum atomic E-state index is 5.64. The molecule has 0 saturated carbocycles. The van der Waals surface area contributed by atoms with Crippen LogP contribution in [0.3, 0.4) is 0 Å². The number of nitrogen functional groups attached to an aromatic ring is 1. The minimum Gasteiger partial charge on any atom is -0.399 e. The topological polar surface area (TPSA) is 50.1 Å². The third-order valence-corrected chi connectivity index (χ3v) is 2.94. The Morgan fingerprint density at radius 2 is 2.00 bits per heavy atom. The number of nitrogens with one attached hydrogen (secondary N) is 2. The molecule has 0 aliphatic carbocycles. The van der Waals surface area contributed by atoms with Gasteiger partial charge >= 0.3 is 0 Å². The van der Waals surface area contributed by atoms with Gasteiger partial charge in [0.25, 0.3) is 0 Å². The Labute approximate surface area is 91.1 Å². The molecule has 4 N–H and O–H groups in total. The van der Waals surface area contributed by atoms with E-state index in [1.807, 2.05) is 24.3 Å². The summed E-state index contributed by atoms with van der Waals surface area (Å²) in [5.74, 6) is 0. The molecular weight excluding hydrogens is 186 g/mol. The van der Waals surface area contributed by atoms with Crippen LogP contribution in [-0.4, -0.2) is 18.6 Å². The Morgan fingerprint density at radius 3 is 2.60 bits per heavy atom. The van der Waals surface area contributed by atoms with Gasteiger partial charge in [0.1, 0.15) is 0 Å². The van der Waals surface area contributed by atoms with E-state index in [0.717, 1.165) is 17.9 Å². The van der Waals surface area contributed by atoms with Crippen LogP contribution < -0.4 is 16.4 Å². The highest BCUT2D eigenvalue weighted by atomic mass is 15.0. The second kappa shape index (κ2) is 4.53. The molecule has 0 bridgehead atoms. The minimum atomic E-state index is 0.546. The van der Waals surface area contributed by atoms with Crippen LogP contribution in [0.1, 0.15) is 19.8 Å². The van der Waals surface area contributed by atoms with Gasteiger partial charge in [-0.05, 0) is 44.0 Å². The van der Waals surface area contributed by atoms with Gasteiger partial charge in [0.15, 0.2) is 0 Å². The molecular formula is C12H19N3. The summed E-state index contributed by atoms with van der Waals surface area (Å²) in [6.45, 7) is 3.28. The van der Waals surface area contributed by atoms with Gasteiger partial charge in [-0.2, -0.15) is 0 Å². The van der Waals surface area contributed by atoms with Crippen LogP contribution in [0.4, 0.5) is 11.4 Å². The van der Waals surface area contributed by atoms with Crippen molar-refractivity contribution in [3.63, 3.8) is 0 Å². The average molecular weight is 205 g/mol. The van der Waals surface area contributed by atoms with Crippen LogP contribution >= 0.6 is 0 Å². The first-order valence-corrected chi connectivity index (χ1v) is 5.59. The van der Waals surface area contributed by atoms with Gasteiger partial charge in [0.05, 0.1) is 0 Å². The molecule has 1 aliphatic heterocycles. The first kappa shape index (κ1) is 10.3. The summed E-state index contributed by atoms with van der Waals surface area (Å²) in [4.78, 5) is 0. The van der Waals surface area contributed by atoms with Crippen LogP contribution in [0.15, 0.2) is 24.3 Å². The zero-order valence-electron chi connectivity index (χ0n) is 9.16.